The smallest absolute Gasteiger partial charge is 0.00718 e. The van der Waals surface area contributed by atoms with E-state index in [-0.39, 0.29) is 0 Å². The second-order valence-corrected chi connectivity index (χ2v) is 5.20. The summed E-state index contributed by atoms with van der Waals surface area (Å²) in [5, 5.41) is 3.46. The largest absolute Gasteiger partial charge is 0.317 e. The summed E-state index contributed by atoms with van der Waals surface area (Å²) < 4.78 is 0. The van der Waals surface area contributed by atoms with Gasteiger partial charge in [0.05, 0.1) is 0 Å². The molecule has 0 aromatic carbocycles. The van der Waals surface area contributed by atoms with Crippen molar-refractivity contribution >= 4 is 0 Å². The summed E-state index contributed by atoms with van der Waals surface area (Å²) >= 11 is 0. The summed E-state index contributed by atoms with van der Waals surface area (Å²) in [4.78, 5) is 0. The molecule has 3 unspecified atom stereocenters. The highest BCUT2D eigenvalue weighted by Crippen LogP contribution is 2.48. The molecule has 0 radical (unpaired) electrons. The second-order valence-electron chi connectivity index (χ2n) is 5.20. The topological polar surface area (TPSA) is 12.0 Å². The molecule has 70 valence electrons. The molecule has 2 saturated carbocycles. The van der Waals surface area contributed by atoms with Crippen LogP contribution in [0.5, 0.6) is 0 Å². The van der Waals surface area contributed by atoms with Crippen LogP contribution in [0.1, 0.15) is 45.4 Å². The summed E-state index contributed by atoms with van der Waals surface area (Å²) in [6.45, 7) is 2.49. The van der Waals surface area contributed by atoms with Crippen molar-refractivity contribution in [3.05, 3.63) is 0 Å². The Hall–Kier alpha value is -0.0400. The van der Waals surface area contributed by atoms with Gasteiger partial charge in [0.2, 0.25) is 0 Å². The normalized spacial score (nSPS) is 47.5. The van der Waals surface area contributed by atoms with Crippen LogP contribution in [0.4, 0.5) is 0 Å². The molecule has 1 N–H and O–H groups in total. The van der Waals surface area contributed by atoms with E-state index in [9.17, 15) is 0 Å². The highest BCUT2D eigenvalue weighted by molar-refractivity contribution is 4.92. The van der Waals surface area contributed by atoms with Gasteiger partial charge in [-0.1, -0.05) is 19.8 Å². The molecule has 0 aliphatic heterocycles. The van der Waals surface area contributed by atoms with Crippen LogP contribution >= 0.6 is 0 Å². The third kappa shape index (κ3) is 1.52. The van der Waals surface area contributed by atoms with Crippen LogP contribution in [-0.2, 0) is 0 Å². The fourth-order valence-corrected chi connectivity index (χ4v) is 3.41. The second kappa shape index (κ2) is 3.02. The Morgan fingerprint density at radius 3 is 2.83 bits per heavy atom. The summed E-state index contributed by atoms with van der Waals surface area (Å²) in [7, 11) is 2.12. The molecule has 3 atom stereocenters. The highest BCUT2D eigenvalue weighted by Gasteiger charge is 2.38. The lowest BCUT2D eigenvalue weighted by Gasteiger charge is -2.46. The van der Waals surface area contributed by atoms with Crippen molar-refractivity contribution in [1.82, 2.24) is 5.32 Å². The molecule has 2 aliphatic rings. The molecule has 1 nitrogen and oxygen atoms in total. The van der Waals surface area contributed by atoms with Crippen LogP contribution < -0.4 is 5.32 Å². The SMILES string of the molecule is CNC1CC2CCCC(C)(C2)C1. The predicted octanol–water partition coefficient (Wildman–Crippen LogP) is 2.56. The number of rotatable bonds is 1. The summed E-state index contributed by atoms with van der Waals surface area (Å²) in [6, 6.07) is 0.814. The Kier molecular flexibility index (Phi) is 2.16. The maximum Gasteiger partial charge on any atom is 0.00718 e. The lowest BCUT2D eigenvalue weighted by molar-refractivity contribution is 0.0731. The van der Waals surface area contributed by atoms with E-state index in [2.05, 4.69) is 19.3 Å². The van der Waals surface area contributed by atoms with Gasteiger partial charge >= 0.3 is 0 Å². The first kappa shape index (κ1) is 8.55. The van der Waals surface area contributed by atoms with Crippen molar-refractivity contribution < 1.29 is 0 Å². The van der Waals surface area contributed by atoms with E-state index in [1.54, 1.807) is 0 Å². The maximum atomic E-state index is 3.46. The van der Waals surface area contributed by atoms with Crippen LogP contribution in [0.2, 0.25) is 0 Å². The monoisotopic (exact) mass is 167 g/mol. The van der Waals surface area contributed by atoms with Crippen molar-refractivity contribution in [2.24, 2.45) is 11.3 Å². The molecule has 0 heterocycles. The van der Waals surface area contributed by atoms with Gasteiger partial charge in [0.1, 0.15) is 0 Å². The van der Waals surface area contributed by atoms with Gasteiger partial charge in [0.25, 0.3) is 0 Å². The van der Waals surface area contributed by atoms with Crippen LogP contribution in [-0.4, -0.2) is 13.1 Å². The van der Waals surface area contributed by atoms with E-state index in [1.165, 1.54) is 38.5 Å². The first-order valence-electron chi connectivity index (χ1n) is 5.39. The van der Waals surface area contributed by atoms with Gasteiger partial charge in [-0.25, -0.2) is 0 Å². The molecule has 0 aromatic rings. The number of hydrogen-bond donors (Lipinski definition) is 1. The maximum absolute atomic E-state index is 3.46. The predicted molar refractivity (Wildman–Crippen MR) is 52.1 cm³/mol. The zero-order valence-electron chi connectivity index (χ0n) is 8.40. The minimum absolute atomic E-state index is 0.689. The molecular formula is C11H21N. The highest BCUT2D eigenvalue weighted by atomic mass is 14.9. The molecule has 2 aliphatic carbocycles. The number of hydrogen-bond acceptors (Lipinski definition) is 1. The van der Waals surface area contributed by atoms with E-state index >= 15 is 0 Å². The third-order valence-corrected chi connectivity index (χ3v) is 3.94. The Balaban J connectivity index is 2.05. The van der Waals surface area contributed by atoms with Crippen molar-refractivity contribution in [2.45, 2.75) is 51.5 Å². The molecule has 0 amide bonds. The van der Waals surface area contributed by atoms with Crippen molar-refractivity contribution in [3.63, 3.8) is 0 Å². The van der Waals surface area contributed by atoms with Gasteiger partial charge in [-0.3, -0.25) is 0 Å². The Labute approximate surface area is 75.9 Å². The fourth-order valence-electron chi connectivity index (χ4n) is 3.41. The average Bonchev–Trinajstić information content (AvgIpc) is 2.02. The fraction of sp³-hybridized carbons (Fsp3) is 1.00. The van der Waals surface area contributed by atoms with E-state index < -0.39 is 0 Å². The standard InChI is InChI=1S/C11H21N/c1-11-5-3-4-9(7-11)6-10(8-11)12-2/h9-10,12H,3-8H2,1-2H3. The van der Waals surface area contributed by atoms with E-state index in [4.69, 9.17) is 0 Å². The summed E-state index contributed by atoms with van der Waals surface area (Å²) in [5.41, 5.74) is 0.689. The first-order chi connectivity index (χ1) is 5.72. The van der Waals surface area contributed by atoms with Crippen LogP contribution in [0.15, 0.2) is 0 Å². The zero-order chi connectivity index (χ0) is 8.60. The third-order valence-electron chi connectivity index (χ3n) is 3.94. The Morgan fingerprint density at radius 1 is 1.33 bits per heavy atom. The van der Waals surface area contributed by atoms with Crippen LogP contribution in [0.3, 0.4) is 0 Å². The molecular weight excluding hydrogens is 146 g/mol. The van der Waals surface area contributed by atoms with Crippen LogP contribution in [0.25, 0.3) is 0 Å². The van der Waals surface area contributed by atoms with Gasteiger partial charge in [-0.05, 0) is 44.1 Å². The minimum Gasteiger partial charge on any atom is -0.317 e. The van der Waals surface area contributed by atoms with Gasteiger partial charge in [0, 0.05) is 6.04 Å². The molecule has 12 heavy (non-hydrogen) atoms. The van der Waals surface area contributed by atoms with E-state index in [1.807, 2.05) is 0 Å². The number of nitrogens with one attached hydrogen (secondary N) is 1. The van der Waals surface area contributed by atoms with Gasteiger partial charge < -0.3 is 5.32 Å². The van der Waals surface area contributed by atoms with Crippen molar-refractivity contribution in [3.8, 4) is 0 Å². The summed E-state index contributed by atoms with van der Waals surface area (Å²) in [5.74, 6) is 1.04. The quantitative estimate of drug-likeness (QED) is 0.633. The Bertz CT molecular complexity index is 166. The lowest BCUT2D eigenvalue weighted by Crippen LogP contribution is -2.42. The van der Waals surface area contributed by atoms with Gasteiger partial charge in [-0.2, -0.15) is 0 Å². The molecule has 2 rings (SSSR count). The molecule has 2 fully saturated rings. The van der Waals surface area contributed by atoms with Gasteiger partial charge in [-0.15, -0.1) is 0 Å². The summed E-state index contributed by atoms with van der Waals surface area (Å²) in [6.07, 6.45) is 8.81. The van der Waals surface area contributed by atoms with E-state index in [0.29, 0.717) is 5.41 Å². The van der Waals surface area contributed by atoms with Crippen molar-refractivity contribution in [1.29, 1.82) is 0 Å². The van der Waals surface area contributed by atoms with E-state index in [0.717, 1.165) is 12.0 Å². The van der Waals surface area contributed by atoms with Gasteiger partial charge in [0.15, 0.2) is 0 Å². The number of fused-ring (bicyclic) bond motifs is 2. The first-order valence-corrected chi connectivity index (χ1v) is 5.39. The molecule has 2 bridgehead atoms. The lowest BCUT2D eigenvalue weighted by atomic mass is 9.62. The van der Waals surface area contributed by atoms with Crippen molar-refractivity contribution in [2.75, 3.05) is 7.05 Å². The minimum atomic E-state index is 0.689. The molecule has 1 heteroatoms. The molecule has 0 aromatic heterocycles. The van der Waals surface area contributed by atoms with Crippen LogP contribution in [0, 0.1) is 11.3 Å². The Morgan fingerprint density at radius 2 is 2.17 bits per heavy atom. The zero-order valence-corrected chi connectivity index (χ0v) is 8.40. The molecule has 0 saturated heterocycles. The molecule has 0 spiro atoms. The average molecular weight is 167 g/mol.